The lowest BCUT2D eigenvalue weighted by Gasteiger charge is -2.17. The van der Waals surface area contributed by atoms with E-state index in [0.717, 1.165) is 24.4 Å². The van der Waals surface area contributed by atoms with E-state index in [1.54, 1.807) is 13.3 Å². The van der Waals surface area contributed by atoms with E-state index in [1.807, 2.05) is 16.8 Å². The third-order valence-electron chi connectivity index (χ3n) is 2.86. The fourth-order valence-corrected chi connectivity index (χ4v) is 1.90. The maximum atomic E-state index is 9.34. The minimum Gasteiger partial charge on any atom is -0.394 e. The molecule has 3 N–H and O–H groups in total. The van der Waals surface area contributed by atoms with Crippen LogP contribution in [0.25, 0.3) is 5.65 Å². The highest BCUT2D eigenvalue weighted by atomic mass is 16.5. The molecule has 0 amide bonds. The van der Waals surface area contributed by atoms with E-state index in [9.17, 15) is 5.11 Å². The predicted molar refractivity (Wildman–Crippen MR) is 78.1 cm³/mol. The largest absolute Gasteiger partial charge is 0.394 e. The van der Waals surface area contributed by atoms with Gasteiger partial charge in [0.15, 0.2) is 11.5 Å². The van der Waals surface area contributed by atoms with E-state index < -0.39 is 0 Å². The summed E-state index contributed by atoms with van der Waals surface area (Å²) in [6.07, 6.45) is 6.50. The van der Waals surface area contributed by atoms with Crippen molar-refractivity contribution in [1.82, 2.24) is 14.4 Å². The third-order valence-corrected chi connectivity index (χ3v) is 2.86. The molecule has 0 aliphatic rings. The summed E-state index contributed by atoms with van der Waals surface area (Å²) in [6.45, 7) is 3.32. The van der Waals surface area contributed by atoms with Crippen molar-refractivity contribution in [3.8, 4) is 0 Å². The molecule has 0 spiro atoms. The lowest BCUT2D eigenvalue weighted by Crippen LogP contribution is -2.29. The maximum absolute atomic E-state index is 9.34. The first-order chi connectivity index (χ1) is 9.78. The van der Waals surface area contributed by atoms with E-state index in [-0.39, 0.29) is 12.6 Å². The Balaban J connectivity index is 2.26. The van der Waals surface area contributed by atoms with Gasteiger partial charge in [0.25, 0.3) is 0 Å². The summed E-state index contributed by atoms with van der Waals surface area (Å²) < 4.78 is 6.96. The molecule has 7 heteroatoms. The number of aromatic nitrogens is 3. The Bertz CT molecular complexity index is 543. The average Bonchev–Trinajstić information content (AvgIpc) is 2.93. The van der Waals surface area contributed by atoms with E-state index in [4.69, 9.17) is 4.74 Å². The van der Waals surface area contributed by atoms with Crippen molar-refractivity contribution in [1.29, 1.82) is 0 Å². The molecular weight excluding hydrogens is 258 g/mol. The van der Waals surface area contributed by atoms with E-state index in [0.29, 0.717) is 12.4 Å². The first kappa shape index (κ1) is 14.5. The summed E-state index contributed by atoms with van der Waals surface area (Å²) >= 11 is 0. The summed E-state index contributed by atoms with van der Waals surface area (Å²) in [5.41, 5.74) is 0.724. The fourth-order valence-electron chi connectivity index (χ4n) is 1.90. The molecule has 110 valence electrons. The normalized spacial score (nSPS) is 12.6. The lowest BCUT2D eigenvalue weighted by molar-refractivity contribution is 0.153. The fraction of sp³-hybridized carbons (Fsp3) is 0.538. The van der Waals surface area contributed by atoms with Crippen LogP contribution < -0.4 is 10.6 Å². The molecule has 0 saturated carbocycles. The van der Waals surface area contributed by atoms with Gasteiger partial charge in [0.2, 0.25) is 0 Å². The number of nitrogens with zero attached hydrogens (tertiary/aromatic N) is 3. The lowest BCUT2D eigenvalue weighted by atomic mass is 10.3. The number of methoxy groups -OCH3 is 1. The number of fused-ring (bicyclic) bond motifs is 1. The van der Waals surface area contributed by atoms with Crippen LogP contribution in [0, 0.1) is 0 Å². The minimum absolute atomic E-state index is 0.0327. The second kappa shape index (κ2) is 7.06. The van der Waals surface area contributed by atoms with Crippen LogP contribution in [0.5, 0.6) is 0 Å². The molecule has 0 bridgehead atoms. The minimum atomic E-state index is -0.213. The molecule has 2 aromatic heterocycles. The zero-order chi connectivity index (χ0) is 14.4. The number of anilines is 2. The Morgan fingerprint density at radius 1 is 1.50 bits per heavy atom. The highest BCUT2D eigenvalue weighted by Gasteiger charge is 2.12. The molecule has 0 fully saturated rings. The maximum Gasteiger partial charge on any atom is 0.180 e. The van der Waals surface area contributed by atoms with Crippen molar-refractivity contribution in [2.75, 3.05) is 37.5 Å². The van der Waals surface area contributed by atoms with Crippen LogP contribution in [-0.4, -0.2) is 52.4 Å². The monoisotopic (exact) mass is 279 g/mol. The van der Waals surface area contributed by atoms with E-state index >= 15 is 0 Å². The van der Waals surface area contributed by atoms with Crippen LogP contribution >= 0.6 is 0 Å². The Hall–Kier alpha value is -1.86. The summed E-state index contributed by atoms with van der Waals surface area (Å²) in [5.74, 6) is 1.40. The quantitative estimate of drug-likeness (QED) is 0.668. The van der Waals surface area contributed by atoms with Crippen molar-refractivity contribution >= 4 is 17.3 Å². The number of ether oxygens (including phenoxy) is 1. The summed E-state index contributed by atoms with van der Waals surface area (Å²) in [7, 11) is 1.60. The Labute approximate surface area is 118 Å². The molecule has 2 rings (SSSR count). The van der Waals surface area contributed by atoms with Crippen molar-refractivity contribution in [2.45, 2.75) is 19.4 Å². The van der Waals surface area contributed by atoms with Gasteiger partial charge in [-0.15, -0.1) is 0 Å². The summed E-state index contributed by atoms with van der Waals surface area (Å²) in [6, 6.07) is -0.213. The van der Waals surface area contributed by atoms with Crippen LogP contribution in [0.3, 0.4) is 0 Å². The molecular formula is C13H21N5O2. The highest BCUT2D eigenvalue weighted by Crippen LogP contribution is 2.17. The van der Waals surface area contributed by atoms with Gasteiger partial charge in [-0.2, -0.15) is 0 Å². The van der Waals surface area contributed by atoms with Gasteiger partial charge in [0.05, 0.1) is 25.5 Å². The number of aliphatic hydroxyl groups is 1. The number of hydrogen-bond acceptors (Lipinski definition) is 6. The number of imidazole rings is 1. The molecule has 20 heavy (non-hydrogen) atoms. The molecule has 0 saturated heterocycles. The summed E-state index contributed by atoms with van der Waals surface area (Å²) in [5, 5.41) is 15.8. The topological polar surface area (TPSA) is 83.7 Å². The standard InChI is InChI=1S/C13H21N5O2/c1-3-4-14-11-7-18-6-5-15-13(18)12(17-11)16-10(8-19)9-20-2/h5-7,10,14,19H,3-4,8-9H2,1-2H3,(H,16,17). The molecule has 0 aromatic carbocycles. The Kier molecular flexibility index (Phi) is 5.14. The van der Waals surface area contributed by atoms with Crippen molar-refractivity contribution in [3.63, 3.8) is 0 Å². The second-order valence-corrected chi connectivity index (χ2v) is 4.54. The van der Waals surface area contributed by atoms with Crippen LogP contribution in [0.15, 0.2) is 18.6 Å². The molecule has 1 unspecified atom stereocenters. The number of aliphatic hydroxyl groups excluding tert-OH is 1. The van der Waals surface area contributed by atoms with Crippen molar-refractivity contribution in [2.24, 2.45) is 0 Å². The molecule has 0 aliphatic carbocycles. The van der Waals surface area contributed by atoms with Crippen molar-refractivity contribution < 1.29 is 9.84 Å². The van der Waals surface area contributed by atoms with Gasteiger partial charge in [-0.25, -0.2) is 9.97 Å². The smallest absolute Gasteiger partial charge is 0.180 e. The molecule has 0 radical (unpaired) electrons. The number of rotatable bonds is 8. The molecule has 0 aliphatic heterocycles. The van der Waals surface area contributed by atoms with Crippen LogP contribution in [0.4, 0.5) is 11.6 Å². The predicted octanol–water partition coefficient (Wildman–Crippen LogP) is 0.970. The van der Waals surface area contributed by atoms with Crippen LogP contribution in [0.2, 0.25) is 0 Å². The number of nitrogens with one attached hydrogen (secondary N) is 2. The van der Waals surface area contributed by atoms with Gasteiger partial charge in [0.1, 0.15) is 5.82 Å². The van der Waals surface area contributed by atoms with Crippen molar-refractivity contribution in [3.05, 3.63) is 18.6 Å². The van der Waals surface area contributed by atoms with Gasteiger partial charge in [-0.1, -0.05) is 6.92 Å². The van der Waals surface area contributed by atoms with E-state index in [1.165, 1.54) is 0 Å². The van der Waals surface area contributed by atoms with E-state index in [2.05, 4.69) is 27.5 Å². The zero-order valence-corrected chi connectivity index (χ0v) is 11.8. The van der Waals surface area contributed by atoms with Crippen LogP contribution in [0.1, 0.15) is 13.3 Å². The van der Waals surface area contributed by atoms with Crippen LogP contribution in [-0.2, 0) is 4.74 Å². The van der Waals surface area contributed by atoms with Gasteiger partial charge in [-0.05, 0) is 6.42 Å². The molecule has 7 nitrogen and oxygen atoms in total. The Morgan fingerprint density at radius 2 is 2.35 bits per heavy atom. The first-order valence-electron chi connectivity index (χ1n) is 6.72. The Morgan fingerprint density at radius 3 is 3.05 bits per heavy atom. The first-order valence-corrected chi connectivity index (χ1v) is 6.72. The highest BCUT2D eigenvalue weighted by molar-refractivity contribution is 5.65. The van der Waals surface area contributed by atoms with Gasteiger partial charge in [0, 0.05) is 26.0 Å². The molecule has 2 heterocycles. The molecule has 2 aromatic rings. The molecule has 1 atom stereocenters. The third kappa shape index (κ3) is 3.37. The van der Waals surface area contributed by atoms with Gasteiger partial charge < -0.3 is 24.9 Å². The second-order valence-electron chi connectivity index (χ2n) is 4.54. The number of hydrogen-bond donors (Lipinski definition) is 3. The van der Waals surface area contributed by atoms with Gasteiger partial charge in [-0.3, -0.25) is 0 Å². The summed E-state index contributed by atoms with van der Waals surface area (Å²) in [4.78, 5) is 8.78. The zero-order valence-electron chi connectivity index (χ0n) is 11.8. The SMILES string of the molecule is CCCNc1cn2ccnc2c(NC(CO)COC)n1. The van der Waals surface area contributed by atoms with Gasteiger partial charge >= 0.3 is 0 Å². The average molecular weight is 279 g/mol.